The van der Waals surface area contributed by atoms with Crippen molar-refractivity contribution in [2.75, 3.05) is 0 Å². The van der Waals surface area contributed by atoms with E-state index in [1.165, 1.54) is 0 Å². The van der Waals surface area contributed by atoms with Crippen molar-refractivity contribution in [2.45, 2.75) is 13.0 Å². The minimum absolute atomic E-state index is 0.109. The molecule has 0 fully saturated rings. The molecule has 1 rings (SSSR count). The second-order valence-corrected chi connectivity index (χ2v) is 3.73. The van der Waals surface area contributed by atoms with Crippen LogP contribution in [0.4, 0.5) is 0 Å². The second-order valence-electron chi connectivity index (χ2n) is 2.62. The van der Waals surface area contributed by atoms with Gasteiger partial charge in [-0.15, -0.1) is 0 Å². The number of halogens is 1. The molecule has 1 atom stereocenters. The molecule has 0 saturated carbocycles. The number of nitrogens with two attached hydrogens (primary N) is 1. The summed E-state index contributed by atoms with van der Waals surface area (Å²) in [4.78, 5) is 0. The molecule has 1 aromatic carbocycles. The van der Waals surface area contributed by atoms with Gasteiger partial charge in [0.15, 0.2) is 0 Å². The average Bonchev–Trinajstić information content (AvgIpc) is 2.03. The predicted molar refractivity (Wildman–Crippen MR) is 56.6 cm³/mol. The molecule has 0 bridgehead atoms. The van der Waals surface area contributed by atoms with Crippen molar-refractivity contribution in [3.8, 4) is 5.75 Å². The maximum atomic E-state index is 9.18. The lowest BCUT2D eigenvalue weighted by Crippen LogP contribution is -2.22. The van der Waals surface area contributed by atoms with Crippen LogP contribution in [0.25, 0.3) is 0 Å². The van der Waals surface area contributed by atoms with Crippen molar-refractivity contribution >= 4 is 22.9 Å². The zero-order valence-corrected chi connectivity index (χ0v) is 8.89. The molecule has 0 radical (unpaired) electrons. The first-order valence-corrected chi connectivity index (χ1v) is 4.56. The highest BCUT2D eigenvalue weighted by Crippen LogP contribution is 2.22. The van der Waals surface area contributed by atoms with Gasteiger partial charge in [-0.1, -0.05) is 12.1 Å². The fourth-order valence-electron chi connectivity index (χ4n) is 0.927. The van der Waals surface area contributed by atoms with Gasteiger partial charge in [-0.25, -0.2) is 0 Å². The van der Waals surface area contributed by atoms with E-state index in [0.717, 1.165) is 5.56 Å². The van der Waals surface area contributed by atoms with E-state index in [1.54, 1.807) is 21.4 Å². The van der Waals surface area contributed by atoms with Gasteiger partial charge in [0.2, 0.25) is 0 Å². The van der Waals surface area contributed by atoms with E-state index in [0.29, 0.717) is 0 Å². The van der Waals surface area contributed by atoms with E-state index >= 15 is 0 Å². The van der Waals surface area contributed by atoms with Crippen LogP contribution in [0.2, 0.25) is 0 Å². The smallest absolute Gasteiger partial charge is 0.115 e. The summed E-state index contributed by atoms with van der Waals surface area (Å²) in [6.45, 7) is 1.97. The lowest BCUT2D eigenvalue weighted by Gasteiger charge is -2.17. The van der Waals surface area contributed by atoms with E-state index in [1.807, 2.05) is 35.9 Å². The Bertz CT molecular complexity index is 265. The summed E-state index contributed by atoms with van der Waals surface area (Å²) in [5, 5.41) is 9.18. The molecule has 0 saturated heterocycles. The SMILES string of the molecule is CC(c1cccc(O)c1)N(N)I. The monoisotopic (exact) mass is 278 g/mol. The summed E-state index contributed by atoms with van der Waals surface area (Å²) in [5.74, 6) is 5.83. The first kappa shape index (κ1) is 9.76. The Morgan fingerprint density at radius 3 is 2.75 bits per heavy atom. The highest BCUT2D eigenvalue weighted by Gasteiger charge is 2.09. The summed E-state index contributed by atoms with van der Waals surface area (Å²) in [6, 6.07) is 7.20. The van der Waals surface area contributed by atoms with Gasteiger partial charge in [-0.05, 0) is 24.6 Å². The quantitative estimate of drug-likeness (QED) is 0.376. The van der Waals surface area contributed by atoms with Crippen molar-refractivity contribution in [3.63, 3.8) is 0 Å². The summed E-state index contributed by atoms with van der Waals surface area (Å²) < 4.78 is 1.58. The van der Waals surface area contributed by atoms with E-state index in [9.17, 15) is 5.11 Å². The van der Waals surface area contributed by atoms with Crippen LogP contribution in [0.3, 0.4) is 0 Å². The Kier molecular flexibility index (Phi) is 3.30. The van der Waals surface area contributed by atoms with Gasteiger partial charge in [-0.3, -0.25) is 5.84 Å². The number of rotatable bonds is 2. The van der Waals surface area contributed by atoms with Crippen molar-refractivity contribution in [1.82, 2.24) is 3.22 Å². The van der Waals surface area contributed by atoms with Crippen LogP contribution in [0, 0.1) is 0 Å². The number of nitrogens with zero attached hydrogens (tertiary/aromatic N) is 1. The number of benzene rings is 1. The molecule has 0 amide bonds. The van der Waals surface area contributed by atoms with Crippen molar-refractivity contribution in [2.24, 2.45) is 5.84 Å². The molecule has 4 heteroatoms. The molecule has 1 aromatic rings. The van der Waals surface area contributed by atoms with E-state index in [2.05, 4.69) is 0 Å². The van der Waals surface area contributed by atoms with E-state index < -0.39 is 0 Å². The Morgan fingerprint density at radius 2 is 2.25 bits per heavy atom. The van der Waals surface area contributed by atoms with Gasteiger partial charge in [-0.2, -0.15) is 3.22 Å². The second kappa shape index (κ2) is 4.06. The van der Waals surface area contributed by atoms with E-state index in [4.69, 9.17) is 5.84 Å². The number of aromatic hydroxyl groups is 1. The van der Waals surface area contributed by atoms with Gasteiger partial charge in [0.05, 0.1) is 6.04 Å². The Labute approximate surface area is 85.6 Å². The number of hydrogen-bond donors (Lipinski definition) is 2. The Balaban J connectivity index is 2.88. The first-order valence-electron chi connectivity index (χ1n) is 3.60. The summed E-state index contributed by atoms with van der Waals surface area (Å²) in [5.41, 5.74) is 1.01. The van der Waals surface area contributed by atoms with Crippen LogP contribution in [-0.2, 0) is 0 Å². The first-order chi connectivity index (χ1) is 5.61. The lowest BCUT2D eigenvalue weighted by molar-refractivity contribution is 0.429. The largest absolute Gasteiger partial charge is 0.508 e. The highest BCUT2D eigenvalue weighted by molar-refractivity contribution is 14.1. The molecule has 0 aliphatic heterocycles. The van der Waals surface area contributed by atoms with Crippen molar-refractivity contribution in [1.29, 1.82) is 0 Å². The molecule has 0 aliphatic carbocycles. The number of hydrogen-bond acceptors (Lipinski definition) is 3. The summed E-state index contributed by atoms with van der Waals surface area (Å²) in [7, 11) is 0. The maximum absolute atomic E-state index is 9.18. The molecule has 3 N–H and O–H groups in total. The minimum Gasteiger partial charge on any atom is -0.508 e. The van der Waals surface area contributed by atoms with Gasteiger partial charge >= 0.3 is 0 Å². The zero-order valence-electron chi connectivity index (χ0n) is 6.74. The Morgan fingerprint density at radius 1 is 1.58 bits per heavy atom. The molecule has 3 nitrogen and oxygen atoms in total. The van der Waals surface area contributed by atoms with Gasteiger partial charge < -0.3 is 5.11 Å². The standard InChI is InChI=1S/C8H11IN2O/c1-6(11(9)10)7-3-2-4-8(12)5-7/h2-6,12H,10H2,1H3. The zero-order chi connectivity index (χ0) is 9.14. The topological polar surface area (TPSA) is 49.5 Å². The number of phenolic OH excluding ortho intramolecular Hbond substituents is 1. The molecular weight excluding hydrogens is 267 g/mol. The third-order valence-corrected chi connectivity index (χ3v) is 2.56. The molecule has 0 aliphatic rings. The maximum Gasteiger partial charge on any atom is 0.115 e. The molecular formula is C8H11IN2O. The summed E-state index contributed by atoms with van der Waals surface area (Å²) >= 11 is 2.01. The van der Waals surface area contributed by atoms with Crippen LogP contribution in [0.5, 0.6) is 5.75 Å². The fraction of sp³-hybridized carbons (Fsp3) is 0.250. The van der Waals surface area contributed by atoms with Crippen molar-refractivity contribution in [3.05, 3.63) is 29.8 Å². The van der Waals surface area contributed by atoms with Crippen LogP contribution in [0.15, 0.2) is 24.3 Å². The van der Waals surface area contributed by atoms with Gasteiger partial charge in [0.1, 0.15) is 5.75 Å². The third-order valence-electron chi connectivity index (χ3n) is 1.72. The van der Waals surface area contributed by atoms with E-state index in [-0.39, 0.29) is 11.8 Å². The normalized spacial score (nSPS) is 13.3. The Hall–Kier alpha value is -0.330. The summed E-state index contributed by atoms with van der Waals surface area (Å²) in [6.07, 6.45) is 0. The number of phenols is 1. The fourth-order valence-corrected chi connectivity index (χ4v) is 1.25. The van der Waals surface area contributed by atoms with Crippen LogP contribution in [0.1, 0.15) is 18.5 Å². The van der Waals surface area contributed by atoms with Crippen molar-refractivity contribution < 1.29 is 5.11 Å². The van der Waals surface area contributed by atoms with Crippen LogP contribution in [-0.4, -0.2) is 8.33 Å². The number of hydrazine groups is 1. The van der Waals surface area contributed by atoms with Gasteiger partial charge in [0, 0.05) is 22.9 Å². The average molecular weight is 278 g/mol. The molecule has 0 heterocycles. The molecule has 1 unspecified atom stereocenters. The van der Waals surface area contributed by atoms with Crippen LogP contribution >= 0.6 is 22.9 Å². The molecule has 0 spiro atoms. The van der Waals surface area contributed by atoms with Crippen LogP contribution < -0.4 is 5.84 Å². The molecule has 66 valence electrons. The predicted octanol–water partition coefficient (Wildman–Crippen LogP) is 1.98. The third kappa shape index (κ3) is 2.33. The minimum atomic E-state index is 0.109. The highest BCUT2D eigenvalue weighted by atomic mass is 127. The molecule has 0 aromatic heterocycles. The lowest BCUT2D eigenvalue weighted by atomic mass is 10.1. The van der Waals surface area contributed by atoms with Gasteiger partial charge in [0.25, 0.3) is 0 Å². The molecule has 12 heavy (non-hydrogen) atoms.